The van der Waals surface area contributed by atoms with E-state index in [9.17, 15) is 0 Å². The van der Waals surface area contributed by atoms with Gasteiger partial charge in [-0.15, -0.1) is 0 Å². The van der Waals surface area contributed by atoms with Gasteiger partial charge in [0, 0.05) is 0 Å². The normalized spacial score (nSPS) is 34.1. The molecule has 3 atom stereocenters. The third kappa shape index (κ3) is 2.88. The molecule has 3 rings (SSSR count). The monoisotopic (exact) mass is 561 g/mol. The number of hydrogen-bond donors (Lipinski definition) is 0. The Morgan fingerprint density at radius 2 is 1.88 bits per heavy atom. The van der Waals surface area contributed by atoms with Crippen molar-refractivity contribution in [3.63, 3.8) is 0 Å². The molecule has 25 heavy (non-hydrogen) atoms. The Morgan fingerprint density at radius 3 is 2.40 bits per heavy atom. The summed E-state index contributed by atoms with van der Waals surface area (Å²) in [5, 5.41) is 1.75. The Morgan fingerprint density at radius 1 is 1.20 bits per heavy atom. The second-order valence-electron chi connectivity index (χ2n) is 8.89. The number of halogens is 2. The van der Waals surface area contributed by atoms with Crippen molar-refractivity contribution in [2.45, 2.75) is 69.6 Å². The van der Waals surface area contributed by atoms with Crippen LogP contribution in [0.1, 0.15) is 53.4 Å². The third-order valence-corrected chi connectivity index (χ3v) is 20.1. The Hall–Kier alpha value is 0.757. The van der Waals surface area contributed by atoms with Crippen LogP contribution in [-0.4, -0.2) is 13.6 Å². The molecule has 0 radical (unpaired) electrons. The van der Waals surface area contributed by atoms with E-state index in [1.54, 1.807) is 16.3 Å². The van der Waals surface area contributed by atoms with E-state index in [4.69, 9.17) is 17.2 Å². The van der Waals surface area contributed by atoms with Crippen molar-refractivity contribution >= 4 is 30.7 Å². The van der Waals surface area contributed by atoms with Crippen molar-refractivity contribution < 1.29 is 19.1 Å². The molecule has 0 aromatic heterocycles. The van der Waals surface area contributed by atoms with E-state index in [1.165, 1.54) is 24.8 Å². The topological polar surface area (TPSA) is 0 Å². The van der Waals surface area contributed by atoms with Crippen molar-refractivity contribution in [1.29, 1.82) is 0 Å². The molecule has 0 saturated carbocycles. The molecular weight excluding hydrogens is 530 g/mol. The Balaban J connectivity index is 2.37. The maximum atomic E-state index is 7.11. The molecular formula is C21H31Cl2HfSi. The fourth-order valence-corrected chi connectivity index (χ4v) is 21.9. The van der Waals surface area contributed by atoms with Gasteiger partial charge in [-0.1, -0.05) is 0 Å². The summed E-state index contributed by atoms with van der Waals surface area (Å²) < 4.78 is -0.0186. The van der Waals surface area contributed by atoms with E-state index in [1.807, 2.05) is 0 Å². The van der Waals surface area contributed by atoms with Crippen LogP contribution in [0.15, 0.2) is 34.9 Å². The molecule has 0 aliphatic heterocycles. The van der Waals surface area contributed by atoms with Crippen molar-refractivity contribution in [1.82, 2.24) is 0 Å². The second-order valence-corrected chi connectivity index (χ2v) is 23.7. The fourth-order valence-electron chi connectivity index (χ4n) is 5.90. The molecule has 3 aliphatic carbocycles. The van der Waals surface area contributed by atoms with E-state index < -0.39 is 27.5 Å². The maximum absolute atomic E-state index is 7.11. The van der Waals surface area contributed by atoms with E-state index >= 15 is 0 Å². The summed E-state index contributed by atoms with van der Waals surface area (Å²) in [5.74, 6) is 1.40. The zero-order chi connectivity index (χ0) is 18.6. The molecule has 0 amide bonds. The molecule has 0 fully saturated rings. The zero-order valence-electron chi connectivity index (χ0n) is 16.5. The van der Waals surface area contributed by atoms with Crippen LogP contribution in [-0.2, 0) is 19.1 Å². The Kier molecular flexibility index (Phi) is 5.98. The van der Waals surface area contributed by atoms with E-state index in [-0.39, 0.29) is 8.59 Å². The number of rotatable bonds is 2. The zero-order valence-corrected chi connectivity index (χ0v) is 22.6. The first kappa shape index (κ1) is 20.5. The van der Waals surface area contributed by atoms with Gasteiger partial charge >= 0.3 is 172 Å². The summed E-state index contributed by atoms with van der Waals surface area (Å²) in [6.45, 7) is 14.8. The summed E-state index contributed by atoms with van der Waals surface area (Å²) in [6.07, 6.45) is 11.7. The van der Waals surface area contributed by atoms with Crippen LogP contribution in [0.25, 0.3) is 0 Å². The Labute approximate surface area is 170 Å². The molecule has 0 aromatic rings. The summed E-state index contributed by atoms with van der Waals surface area (Å²) in [4.78, 5) is 0. The molecule has 0 saturated heterocycles. The summed E-state index contributed by atoms with van der Waals surface area (Å²) >= 11 is -2.86. The van der Waals surface area contributed by atoms with Crippen LogP contribution in [0.5, 0.6) is 0 Å². The second kappa shape index (κ2) is 7.30. The van der Waals surface area contributed by atoms with Crippen LogP contribution in [0.2, 0.25) is 16.3 Å². The molecule has 3 unspecified atom stereocenters. The Bertz CT molecular complexity index is 695. The van der Waals surface area contributed by atoms with Crippen molar-refractivity contribution in [3.05, 3.63) is 34.9 Å². The summed E-state index contributed by atoms with van der Waals surface area (Å²) in [6, 6.07) is 0. The van der Waals surface area contributed by atoms with Crippen LogP contribution >= 0.6 is 17.2 Å². The van der Waals surface area contributed by atoms with E-state index in [2.05, 4.69) is 59.0 Å². The molecule has 0 spiro atoms. The van der Waals surface area contributed by atoms with Gasteiger partial charge in [-0.3, -0.25) is 0 Å². The molecule has 4 heteroatoms. The molecule has 0 heterocycles. The molecule has 0 N–H and O–H groups in total. The van der Waals surface area contributed by atoms with Gasteiger partial charge < -0.3 is 0 Å². The minimum absolute atomic E-state index is 0.0186. The standard InChI is InChI=1S/C21H31Si.2ClH.Hf/c1-14-10-9-13-17-18(15(14)2)20(22(5)6)21(3,4)19(17)16-11-7-8-12-16;;;/h7-8,11,14-15H,9-10,12-13H2,1-6H3;2*1H;/q;;;+2/p-2. The van der Waals surface area contributed by atoms with E-state index in [0.29, 0.717) is 5.92 Å². The van der Waals surface area contributed by atoms with Crippen LogP contribution in [0.3, 0.4) is 0 Å². The third-order valence-electron chi connectivity index (χ3n) is 7.04. The summed E-state index contributed by atoms with van der Waals surface area (Å²) in [7, 11) is 13.6. The van der Waals surface area contributed by atoms with Crippen LogP contribution in [0.4, 0.5) is 0 Å². The molecule has 3 aliphatic rings. The van der Waals surface area contributed by atoms with E-state index in [0.717, 1.165) is 12.3 Å². The first-order valence-electron chi connectivity index (χ1n) is 9.63. The van der Waals surface area contributed by atoms with Gasteiger partial charge in [-0.25, -0.2) is 0 Å². The van der Waals surface area contributed by atoms with Crippen molar-refractivity contribution in [2.75, 3.05) is 0 Å². The average Bonchev–Trinajstić information content (AvgIpc) is 3.06. The average molecular weight is 561 g/mol. The van der Waals surface area contributed by atoms with Gasteiger partial charge in [0.05, 0.1) is 0 Å². The number of allylic oxidation sites excluding steroid dienone is 6. The van der Waals surface area contributed by atoms with Crippen LogP contribution < -0.4 is 0 Å². The van der Waals surface area contributed by atoms with Gasteiger partial charge in [-0.05, 0) is 0 Å². The van der Waals surface area contributed by atoms with Gasteiger partial charge in [-0.2, -0.15) is 0 Å². The van der Waals surface area contributed by atoms with Crippen molar-refractivity contribution in [2.24, 2.45) is 17.3 Å². The van der Waals surface area contributed by atoms with Gasteiger partial charge in [0.15, 0.2) is 0 Å². The predicted molar refractivity (Wildman–Crippen MR) is 112 cm³/mol. The van der Waals surface area contributed by atoms with Crippen molar-refractivity contribution in [3.8, 4) is 0 Å². The first-order valence-corrected chi connectivity index (χ1v) is 22.8. The van der Waals surface area contributed by atoms with Gasteiger partial charge in [0.1, 0.15) is 0 Å². The molecule has 0 bridgehead atoms. The molecule has 137 valence electrons. The number of hydrogen-bond acceptors (Lipinski definition) is 0. The fraction of sp³-hybridized carbons (Fsp3) is 0.667. The first-order chi connectivity index (χ1) is 11.7. The minimum atomic E-state index is -2.86. The molecule has 0 aromatic carbocycles. The predicted octanol–water partition coefficient (Wildman–Crippen LogP) is 7.26. The molecule has 0 nitrogen and oxygen atoms in total. The summed E-state index contributed by atoms with van der Waals surface area (Å²) in [5.41, 5.74) is 5.00. The van der Waals surface area contributed by atoms with Gasteiger partial charge in [0.25, 0.3) is 0 Å². The quantitative estimate of drug-likeness (QED) is 0.312. The van der Waals surface area contributed by atoms with Gasteiger partial charge in [0.2, 0.25) is 0 Å². The van der Waals surface area contributed by atoms with Crippen LogP contribution in [0, 0.1) is 17.3 Å². The SMILES string of the molecule is CC1CCCC2=C(C(=[Si](C)C)C(C)(C)[C]2(C2=CC=CC2)[Hf]([Cl])[Cl])C1C.